The van der Waals surface area contributed by atoms with Gasteiger partial charge in [-0.15, -0.1) is 0 Å². The molecule has 0 spiro atoms. The minimum atomic E-state index is 0.0560. The number of aromatic amines is 1. The summed E-state index contributed by atoms with van der Waals surface area (Å²) in [6, 6.07) is 1.97. The summed E-state index contributed by atoms with van der Waals surface area (Å²) in [6.07, 6.45) is 7.32. The molecule has 2 heterocycles. The van der Waals surface area contributed by atoms with Crippen molar-refractivity contribution in [2.45, 2.75) is 26.4 Å². The Morgan fingerprint density at radius 1 is 1.50 bits per heavy atom. The van der Waals surface area contributed by atoms with Crippen LogP contribution in [0.3, 0.4) is 0 Å². The third kappa shape index (κ3) is 2.48. The maximum atomic E-state index is 8.49. The van der Waals surface area contributed by atoms with Gasteiger partial charge < -0.3 is 9.72 Å². The van der Waals surface area contributed by atoms with Crippen LogP contribution in [0.25, 0.3) is 11.0 Å². The summed E-state index contributed by atoms with van der Waals surface area (Å²) in [5.41, 5.74) is 1.77. The molecule has 0 atom stereocenters. The highest BCUT2D eigenvalue weighted by atomic mass is 16.5. The first-order valence-electron chi connectivity index (χ1n) is 5.74. The lowest BCUT2D eigenvalue weighted by Crippen LogP contribution is -2.07. The number of hydrogen-bond acceptors (Lipinski definition) is 4. The first-order chi connectivity index (χ1) is 8.72. The lowest BCUT2D eigenvalue weighted by Gasteiger charge is -2.09. The number of hydrogen-bond donors (Lipinski definition) is 1. The summed E-state index contributed by atoms with van der Waals surface area (Å²) in [5.74, 6) is 0.580. The average molecular weight is 242 g/mol. The van der Waals surface area contributed by atoms with Crippen molar-refractivity contribution in [1.29, 1.82) is 5.26 Å². The number of H-pyrrole nitrogens is 1. The van der Waals surface area contributed by atoms with Gasteiger partial charge in [0.05, 0.1) is 17.6 Å². The van der Waals surface area contributed by atoms with E-state index >= 15 is 0 Å². The van der Waals surface area contributed by atoms with Crippen molar-refractivity contribution in [3.05, 3.63) is 30.2 Å². The zero-order chi connectivity index (χ0) is 13.0. The highest BCUT2D eigenvalue weighted by molar-refractivity contribution is 5.84. The number of ether oxygens (including phenoxy) is 1. The van der Waals surface area contributed by atoms with Crippen molar-refractivity contribution in [2.24, 2.45) is 0 Å². The number of nitrogens with one attached hydrogen (secondary N) is 1. The SMILES string of the molecule is CC(C)Oc1ncnc2[nH]cc(C/C=C/C#N)c12. The van der Waals surface area contributed by atoms with Crippen LogP contribution in [0.15, 0.2) is 24.7 Å². The Labute approximate surface area is 105 Å². The molecule has 0 saturated heterocycles. The van der Waals surface area contributed by atoms with E-state index in [4.69, 9.17) is 10.00 Å². The molecule has 0 bridgehead atoms. The molecular weight excluding hydrogens is 228 g/mol. The number of aromatic nitrogens is 3. The molecule has 5 heteroatoms. The number of nitriles is 1. The Balaban J connectivity index is 2.42. The first-order valence-corrected chi connectivity index (χ1v) is 5.74. The molecule has 92 valence electrons. The molecule has 2 rings (SSSR count). The van der Waals surface area contributed by atoms with Crippen LogP contribution in [0.5, 0.6) is 5.88 Å². The van der Waals surface area contributed by atoms with E-state index in [0.717, 1.165) is 16.6 Å². The predicted molar refractivity (Wildman–Crippen MR) is 68.1 cm³/mol. The van der Waals surface area contributed by atoms with E-state index in [1.807, 2.05) is 26.1 Å². The summed E-state index contributed by atoms with van der Waals surface area (Å²) in [7, 11) is 0. The van der Waals surface area contributed by atoms with Crippen LogP contribution >= 0.6 is 0 Å². The maximum Gasteiger partial charge on any atom is 0.226 e. The Morgan fingerprint density at radius 2 is 2.33 bits per heavy atom. The molecule has 0 aliphatic carbocycles. The molecule has 2 aromatic heterocycles. The van der Waals surface area contributed by atoms with E-state index in [2.05, 4.69) is 15.0 Å². The van der Waals surface area contributed by atoms with Gasteiger partial charge in [-0.3, -0.25) is 0 Å². The molecule has 0 unspecified atom stereocenters. The van der Waals surface area contributed by atoms with Crippen LogP contribution in [-0.2, 0) is 6.42 Å². The zero-order valence-electron chi connectivity index (χ0n) is 10.3. The second kappa shape index (κ2) is 5.32. The molecule has 2 aromatic rings. The van der Waals surface area contributed by atoms with Crippen LogP contribution in [-0.4, -0.2) is 21.1 Å². The van der Waals surface area contributed by atoms with Crippen LogP contribution in [0.2, 0.25) is 0 Å². The van der Waals surface area contributed by atoms with Gasteiger partial charge >= 0.3 is 0 Å². The summed E-state index contributed by atoms with van der Waals surface area (Å²) < 4.78 is 5.67. The van der Waals surface area contributed by atoms with E-state index in [0.29, 0.717) is 12.3 Å². The molecule has 0 aliphatic heterocycles. The fourth-order valence-corrected chi connectivity index (χ4v) is 1.71. The van der Waals surface area contributed by atoms with E-state index in [1.165, 1.54) is 12.4 Å². The van der Waals surface area contributed by atoms with Crippen molar-refractivity contribution in [2.75, 3.05) is 0 Å². The summed E-state index contributed by atoms with van der Waals surface area (Å²) >= 11 is 0. The highest BCUT2D eigenvalue weighted by Gasteiger charge is 2.12. The molecule has 0 amide bonds. The van der Waals surface area contributed by atoms with Gasteiger partial charge in [-0.1, -0.05) is 6.08 Å². The van der Waals surface area contributed by atoms with Crippen molar-refractivity contribution < 1.29 is 4.74 Å². The smallest absolute Gasteiger partial charge is 0.226 e. The Hall–Kier alpha value is -2.35. The van der Waals surface area contributed by atoms with Crippen molar-refractivity contribution >= 4 is 11.0 Å². The minimum Gasteiger partial charge on any atom is -0.474 e. The van der Waals surface area contributed by atoms with Crippen molar-refractivity contribution in [3.63, 3.8) is 0 Å². The van der Waals surface area contributed by atoms with E-state index < -0.39 is 0 Å². The van der Waals surface area contributed by atoms with Gasteiger partial charge in [0.2, 0.25) is 5.88 Å². The van der Waals surface area contributed by atoms with E-state index in [9.17, 15) is 0 Å². The fourth-order valence-electron chi connectivity index (χ4n) is 1.71. The second-order valence-corrected chi connectivity index (χ2v) is 4.12. The monoisotopic (exact) mass is 242 g/mol. The maximum absolute atomic E-state index is 8.49. The fraction of sp³-hybridized carbons (Fsp3) is 0.308. The largest absolute Gasteiger partial charge is 0.474 e. The van der Waals surface area contributed by atoms with Gasteiger partial charge in [-0.25, -0.2) is 9.97 Å². The van der Waals surface area contributed by atoms with Gasteiger partial charge in [0.25, 0.3) is 0 Å². The molecule has 0 aliphatic rings. The van der Waals surface area contributed by atoms with Gasteiger partial charge in [0.1, 0.15) is 12.0 Å². The normalized spacial score (nSPS) is 11.2. The molecule has 0 radical (unpaired) electrons. The minimum absolute atomic E-state index is 0.0560. The zero-order valence-corrected chi connectivity index (χ0v) is 10.3. The van der Waals surface area contributed by atoms with E-state index in [-0.39, 0.29) is 6.10 Å². The molecular formula is C13H14N4O. The van der Waals surface area contributed by atoms with E-state index in [1.54, 1.807) is 6.08 Å². The molecule has 5 nitrogen and oxygen atoms in total. The highest BCUT2D eigenvalue weighted by Crippen LogP contribution is 2.26. The number of fused-ring (bicyclic) bond motifs is 1. The predicted octanol–water partition coefficient (Wildman–Crippen LogP) is 2.37. The molecule has 0 aromatic carbocycles. The van der Waals surface area contributed by atoms with Gasteiger partial charge in [0.15, 0.2) is 0 Å². The third-order valence-electron chi connectivity index (χ3n) is 2.39. The molecule has 0 saturated carbocycles. The van der Waals surface area contributed by atoms with Crippen molar-refractivity contribution in [1.82, 2.24) is 15.0 Å². The number of nitrogens with zero attached hydrogens (tertiary/aromatic N) is 3. The van der Waals surface area contributed by atoms with Crippen molar-refractivity contribution in [3.8, 4) is 11.9 Å². The van der Waals surface area contributed by atoms with Crippen LogP contribution in [0, 0.1) is 11.3 Å². The average Bonchev–Trinajstić information content (AvgIpc) is 2.73. The number of allylic oxidation sites excluding steroid dienone is 2. The van der Waals surface area contributed by atoms with Gasteiger partial charge in [-0.2, -0.15) is 5.26 Å². The number of rotatable bonds is 4. The Morgan fingerprint density at radius 3 is 3.06 bits per heavy atom. The quantitative estimate of drug-likeness (QED) is 0.835. The Kier molecular flexibility index (Phi) is 3.58. The van der Waals surface area contributed by atoms with Crippen LogP contribution in [0.1, 0.15) is 19.4 Å². The van der Waals surface area contributed by atoms with Gasteiger partial charge in [0, 0.05) is 12.3 Å². The van der Waals surface area contributed by atoms with Crippen LogP contribution in [0.4, 0.5) is 0 Å². The third-order valence-corrected chi connectivity index (χ3v) is 2.39. The second-order valence-electron chi connectivity index (χ2n) is 4.12. The summed E-state index contributed by atoms with van der Waals surface area (Å²) in [6.45, 7) is 3.91. The summed E-state index contributed by atoms with van der Waals surface area (Å²) in [4.78, 5) is 11.4. The van der Waals surface area contributed by atoms with Gasteiger partial charge in [-0.05, 0) is 25.8 Å². The standard InChI is InChI=1S/C13H14N4O/c1-9(2)18-13-11-10(5-3-4-6-14)7-15-12(11)16-8-17-13/h3-4,7-9H,5H2,1-2H3,(H,15,16,17)/b4-3+. The van der Waals surface area contributed by atoms with Crippen LogP contribution < -0.4 is 4.74 Å². The molecule has 0 fully saturated rings. The lowest BCUT2D eigenvalue weighted by atomic mass is 10.1. The topological polar surface area (TPSA) is 74.6 Å². The molecule has 1 N–H and O–H groups in total. The molecule has 18 heavy (non-hydrogen) atoms. The lowest BCUT2D eigenvalue weighted by molar-refractivity contribution is 0.235. The first kappa shape index (κ1) is 12.1. The summed E-state index contributed by atoms with van der Waals surface area (Å²) in [5, 5.41) is 9.37. The Bertz CT molecular complexity index is 607.